The minimum Gasteiger partial charge on any atom is -0.439 e. The second-order valence-electron chi connectivity index (χ2n) is 4.19. The van der Waals surface area contributed by atoms with Crippen LogP contribution in [0.5, 0.6) is 11.6 Å². The van der Waals surface area contributed by atoms with Crippen molar-refractivity contribution in [1.29, 1.82) is 0 Å². The van der Waals surface area contributed by atoms with E-state index in [1.165, 1.54) is 5.56 Å². The number of hydrogen-bond donors (Lipinski definition) is 0. The van der Waals surface area contributed by atoms with Crippen molar-refractivity contribution < 1.29 is 4.74 Å². The highest BCUT2D eigenvalue weighted by molar-refractivity contribution is 9.08. The van der Waals surface area contributed by atoms with Crippen molar-refractivity contribution in [2.75, 3.05) is 0 Å². The molecule has 0 radical (unpaired) electrons. The molecule has 0 aliphatic rings. The number of para-hydroxylation sites is 1. The average molecular weight is 309 g/mol. The van der Waals surface area contributed by atoms with Crippen LogP contribution >= 0.6 is 15.9 Å². The molecule has 3 nitrogen and oxygen atoms in total. The van der Waals surface area contributed by atoms with E-state index >= 15 is 0 Å². The highest BCUT2D eigenvalue weighted by Crippen LogP contribution is 2.30. The van der Waals surface area contributed by atoms with Crippen LogP contribution in [0, 0.1) is 6.92 Å². The first-order valence-corrected chi connectivity index (χ1v) is 7.13. The molecule has 18 heavy (non-hydrogen) atoms. The molecule has 0 aliphatic heterocycles. The molecule has 0 amide bonds. The molecule has 0 unspecified atom stereocenters. The average Bonchev–Trinajstić information content (AvgIpc) is 2.64. The van der Waals surface area contributed by atoms with Gasteiger partial charge in [-0.2, -0.15) is 5.10 Å². The number of hydrogen-bond acceptors (Lipinski definition) is 2. The summed E-state index contributed by atoms with van der Waals surface area (Å²) in [6.07, 6.45) is 0.955. The van der Waals surface area contributed by atoms with Crippen molar-refractivity contribution in [2.24, 2.45) is 7.05 Å². The zero-order valence-electron chi connectivity index (χ0n) is 10.9. The van der Waals surface area contributed by atoms with Crippen LogP contribution in [0.1, 0.15) is 23.7 Å². The summed E-state index contributed by atoms with van der Waals surface area (Å²) >= 11 is 3.49. The Morgan fingerprint density at radius 3 is 2.72 bits per heavy atom. The predicted molar refractivity (Wildman–Crippen MR) is 76.5 cm³/mol. The van der Waals surface area contributed by atoms with Crippen molar-refractivity contribution in [2.45, 2.75) is 25.6 Å². The highest BCUT2D eigenvalue weighted by Gasteiger charge is 2.15. The van der Waals surface area contributed by atoms with Gasteiger partial charge in [0.15, 0.2) is 0 Å². The van der Waals surface area contributed by atoms with E-state index in [1.807, 2.05) is 32.2 Å². The standard InChI is InChI=1S/C14H17BrN2O/c1-4-11-7-5-6-8-13(11)18-14-12(9-15)10(2)16-17(14)3/h5-8H,4,9H2,1-3H3. The maximum atomic E-state index is 6.04. The van der Waals surface area contributed by atoms with Gasteiger partial charge < -0.3 is 4.74 Å². The van der Waals surface area contributed by atoms with Crippen molar-refractivity contribution in [3.8, 4) is 11.6 Å². The van der Waals surface area contributed by atoms with Gasteiger partial charge in [-0.15, -0.1) is 0 Å². The summed E-state index contributed by atoms with van der Waals surface area (Å²) in [5, 5.41) is 5.14. The van der Waals surface area contributed by atoms with Gasteiger partial charge in [-0.1, -0.05) is 41.1 Å². The predicted octanol–water partition coefficient (Wildman–Crippen LogP) is 3.98. The van der Waals surface area contributed by atoms with Crippen LogP contribution in [0.15, 0.2) is 24.3 Å². The molecule has 0 spiro atoms. The number of ether oxygens (including phenoxy) is 1. The molecule has 1 heterocycles. The minimum absolute atomic E-state index is 0.746. The largest absolute Gasteiger partial charge is 0.439 e. The number of alkyl halides is 1. The third-order valence-electron chi connectivity index (χ3n) is 2.98. The summed E-state index contributed by atoms with van der Waals surface area (Å²) in [5.41, 5.74) is 3.30. The lowest BCUT2D eigenvalue weighted by Gasteiger charge is -2.11. The number of aromatic nitrogens is 2. The summed E-state index contributed by atoms with van der Waals surface area (Å²) in [5.74, 6) is 1.72. The second-order valence-corrected chi connectivity index (χ2v) is 4.75. The summed E-state index contributed by atoms with van der Waals surface area (Å²) in [4.78, 5) is 0. The fourth-order valence-corrected chi connectivity index (χ4v) is 2.61. The highest BCUT2D eigenvalue weighted by atomic mass is 79.9. The van der Waals surface area contributed by atoms with E-state index in [0.29, 0.717) is 0 Å². The van der Waals surface area contributed by atoms with E-state index in [0.717, 1.165) is 34.6 Å². The maximum absolute atomic E-state index is 6.04. The number of aryl methyl sites for hydroxylation is 3. The Morgan fingerprint density at radius 2 is 2.06 bits per heavy atom. The van der Waals surface area contributed by atoms with Gasteiger partial charge in [0.25, 0.3) is 0 Å². The van der Waals surface area contributed by atoms with Crippen LogP contribution in [-0.4, -0.2) is 9.78 Å². The summed E-state index contributed by atoms with van der Waals surface area (Å²) in [7, 11) is 1.91. The van der Waals surface area contributed by atoms with Crippen molar-refractivity contribution in [3.05, 3.63) is 41.1 Å². The SMILES string of the molecule is CCc1ccccc1Oc1c(CBr)c(C)nn1C. The van der Waals surface area contributed by atoms with Gasteiger partial charge in [-0.3, -0.25) is 0 Å². The van der Waals surface area contributed by atoms with E-state index in [2.05, 4.69) is 34.0 Å². The first-order chi connectivity index (χ1) is 8.67. The monoisotopic (exact) mass is 308 g/mol. The van der Waals surface area contributed by atoms with E-state index in [9.17, 15) is 0 Å². The van der Waals surface area contributed by atoms with Crippen molar-refractivity contribution >= 4 is 15.9 Å². The first-order valence-electron chi connectivity index (χ1n) is 6.01. The molecule has 0 saturated heterocycles. The smallest absolute Gasteiger partial charge is 0.221 e. The number of rotatable bonds is 4. The molecule has 2 aromatic rings. The number of nitrogens with zero attached hydrogens (tertiary/aromatic N) is 2. The summed E-state index contributed by atoms with van der Waals surface area (Å²) < 4.78 is 7.83. The Balaban J connectivity index is 2.39. The zero-order valence-corrected chi connectivity index (χ0v) is 12.5. The van der Waals surface area contributed by atoms with Crippen molar-refractivity contribution in [1.82, 2.24) is 9.78 Å². The van der Waals surface area contributed by atoms with Crippen LogP contribution in [-0.2, 0) is 18.8 Å². The second kappa shape index (κ2) is 5.57. The number of halogens is 1. The topological polar surface area (TPSA) is 27.1 Å². The van der Waals surface area contributed by atoms with Crippen LogP contribution in [0.3, 0.4) is 0 Å². The molecule has 2 rings (SSSR count). The third-order valence-corrected chi connectivity index (χ3v) is 3.54. The molecule has 0 bridgehead atoms. The molecule has 0 aliphatic carbocycles. The lowest BCUT2D eigenvalue weighted by Crippen LogP contribution is -1.98. The summed E-state index contributed by atoms with van der Waals surface area (Å²) in [6.45, 7) is 4.12. The molecule has 4 heteroatoms. The van der Waals surface area contributed by atoms with Crippen LogP contribution in [0.25, 0.3) is 0 Å². The molecule has 0 N–H and O–H groups in total. The molecular formula is C14H17BrN2O. The van der Waals surface area contributed by atoms with Gasteiger partial charge in [0, 0.05) is 17.9 Å². The van der Waals surface area contributed by atoms with Gasteiger partial charge in [0.1, 0.15) is 5.75 Å². The van der Waals surface area contributed by atoms with Gasteiger partial charge in [0.05, 0.1) is 5.69 Å². The fraction of sp³-hybridized carbons (Fsp3) is 0.357. The lowest BCUT2D eigenvalue weighted by atomic mass is 10.1. The Labute approximate surface area is 116 Å². The lowest BCUT2D eigenvalue weighted by molar-refractivity contribution is 0.423. The van der Waals surface area contributed by atoms with Gasteiger partial charge in [0.2, 0.25) is 5.88 Å². The van der Waals surface area contributed by atoms with E-state index < -0.39 is 0 Å². The quantitative estimate of drug-likeness (QED) is 0.799. The van der Waals surface area contributed by atoms with E-state index in [1.54, 1.807) is 4.68 Å². The Morgan fingerprint density at radius 1 is 1.33 bits per heavy atom. The zero-order chi connectivity index (χ0) is 13.1. The summed E-state index contributed by atoms with van der Waals surface area (Å²) in [6, 6.07) is 8.11. The molecule has 96 valence electrons. The van der Waals surface area contributed by atoms with Crippen LogP contribution in [0.2, 0.25) is 0 Å². The van der Waals surface area contributed by atoms with Gasteiger partial charge >= 0.3 is 0 Å². The van der Waals surface area contributed by atoms with E-state index in [-0.39, 0.29) is 0 Å². The molecular weight excluding hydrogens is 292 g/mol. The molecule has 0 fully saturated rings. The third kappa shape index (κ3) is 2.43. The fourth-order valence-electron chi connectivity index (χ4n) is 1.96. The molecule has 0 saturated carbocycles. The van der Waals surface area contributed by atoms with Crippen LogP contribution in [0.4, 0.5) is 0 Å². The molecule has 1 aromatic carbocycles. The van der Waals surface area contributed by atoms with E-state index in [4.69, 9.17) is 4.74 Å². The van der Waals surface area contributed by atoms with Crippen molar-refractivity contribution in [3.63, 3.8) is 0 Å². The maximum Gasteiger partial charge on any atom is 0.221 e. The normalized spacial score (nSPS) is 10.7. The Bertz CT molecular complexity index is 549. The van der Waals surface area contributed by atoms with Crippen LogP contribution < -0.4 is 4.74 Å². The Kier molecular flexibility index (Phi) is 4.07. The minimum atomic E-state index is 0.746. The first kappa shape index (κ1) is 13.1. The molecule has 0 atom stereocenters. The van der Waals surface area contributed by atoms with Gasteiger partial charge in [-0.05, 0) is 25.0 Å². The van der Waals surface area contributed by atoms with Gasteiger partial charge in [-0.25, -0.2) is 4.68 Å². The number of benzene rings is 1. The Hall–Kier alpha value is -1.29. The molecule has 1 aromatic heterocycles.